The first-order valence-corrected chi connectivity index (χ1v) is 7.78. The number of anilines is 2. The highest BCUT2D eigenvalue weighted by Crippen LogP contribution is 2.21. The molecule has 2 aromatic carbocycles. The van der Waals surface area contributed by atoms with E-state index in [0.717, 1.165) is 5.52 Å². The van der Waals surface area contributed by atoms with E-state index < -0.39 is 10.0 Å². The lowest BCUT2D eigenvalue weighted by molar-refractivity contribution is 0.600. The van der Waals surface area contributed by atoms with Gasteiger partial charge in [0, 0.05) is 5.69 Å². The molecule has 0 unspecified atom stereocenters. The Morgan fingerprint density at radius 3 is 2.71 bits per heavy atom. The van der Waals surface area contributed by atoms with Crippen LogP contribution in [0.25, 0.3) is 11.0 Å². The van der Waals surface area contributed by atoms with Crippen LogP contribution in [-0.4, -0.2) is 18.4 Å². The SMILES string of the molecule is Cc1ccc(N)cc1S(=O)(=O)Nc1nc2ccccc2[nH]1. The van der Waals surface area contributed by atoms with Crippen LogP contribution in [-0.2, 0) is 10.0 Å². The number of aromatic nitrogens is 2. The maximum absolute atomic E-state index is 12.4. The number of hydrogen-bond acceptors (Lipinski definition) is 4. The first-order chi connectivity index (χ1) is 9.95. The van der Waals surface area contributed by atoms with Crippen LogP contribution in [0.5, 0.6) is 0 Å². The Balaban J connectivity index is 2.01. The third kappa shape index (κ3) is 2.55. The Labute approximate surface area is 122 Å². The van der Waals surface area contributed by atoms with E-state index in [1.54, 1.807) is 25.1 Å². The van der Waals surface area contributed by atoms with Gasteiger partial charge in [0.05, 0.1) is 15.9 Å². The molecule has 21 heavy (non-hydrogen) atoms. The molecule has 0 aliphatic rings. The van der Waals surface area contributed by atoms with E-state index in [2.05, 4.69) is 14.7 Å². The highest BCUT2D eigenvalue weighted by Gasteiger charge is 2.18. The van der Waals surface area contributed by atoms with Gasteiger partial charge in [-0.05, 0) is 36.8 Å². The average Bonchev–Trinajstić information content (AvgIpc) is 2.82. The minimum absolute atomic E-state index is 0.142. The second-order valence-electron chi connectivity index (χ2n) is 4.73. The summed E-state index contributed by atoms with van der Waals surface area (Å²) in [4.78, 5) is 7.26. The van der Waals surface area contributed by atoms with E-state index >= 15 is 0 Å². The molecular formula is C14H14N4O2S. The van der Waals surface area contributed by atoms with E-state index in [9.17, 15) is 8.42 Å². The van der Waals surface area contributed by atoms with E-state index in [1.165, 1.54) is 6.07 Å². The van der Waals surface area contributed by atoms with Gasteiger partial charge in [-0.1, -0.05) is 18.2 Å². The van der Waals surface area contributed by atoms with Crippen molar-refractivity contribution in [2.24, 2.45) is 0 Å². The fourth-order valence-electron chi connectivity index (χ4n) is 2.09. The minimum atomic E-state index is -3.74. The lowest BCUT2D eigenvalue weighted by Gasteiger charge is -2.08. The summed E-state index contributed by atoms with van der Waals surface area (Å²) in [5, 5.41) is 0. The Kier molecular flexibility index (Phi) is 3.06. The molecule has 3 rings (SSSR count). The van der Waals surface area contributed by atoms with Crippen molar-refractivity contribution in [3.63, 3.8) is 0 Å². The molecule has 0 saturated heterocycles. The molecule has 3 aromatic rings. The Morgan fingerprint density at radius 2 is 1.95 bits per heavy atom. The van der Waals surface area contributed by atoms with Gasteiger partial charge in [-0.2, -0.15) is 0 Å². The number of benzene rings is 2. The first kappa shape index (κ1) is 13.4. The molecule has 7 heteroatoms. The molecule has 0 saturated carbocycles. The lowest BCUT2D eigenvalue weighted by atomic mass is 10.2. The summed E-state index contributed by atoms with van der Waals surface area (Å²) in [6.07, 6.45) is 0. The summed E-state index contributed by atoms with van der Waals surface area (Å²) >= 11 is 0. The molecule has 4 N–H and O–H groups in total. The zero-order chi connectivity index (χ0) is 15.0. The summed E-state index contributed by atoms with van der Waals surface area (Å²) in [6.45, 7) is 1.71. The first-order valence-electron chi connectivity index (χ1n) is 6.29. The van der Waals surface area contributed by atoms with Crippen LogP contribution in [0.1, 0.15) is 5.56 Å². The molecule has 0 amide bonds. The van der Waals surface area contributed by atoms with Gasteiger partial charge in [-0.3, -0.25) is 0 Å². The zero-order valence-electron chi connectivity index (χ0n) is 11.3. The number of aromatic amines is 1. The topological polar surface area (TPSA) is 101 Å². The van der Waals surface area contributed by atoms with E-state index in [1.807, 2.05) is 18.2 Å². The number of fused-ring (bicyclic) bond motifs is 1. The second kappa shape index (κ2) is 4.78. The third-order valence-electron chi connectivity index (χ3n) is 3.12. The van der Waals surface area contributed by atoms with Crippen LogP contribution in [0.3, 0.4) is 0 Å². The van der Waals surface area contributed by atoms with Gasteiger partial charge in [0.15, 0.2) is 0 Å². The number of hydrogen-bond donors (Lipinski definition) is 3. The molecule has 0 bridgehead atoms. The van der Waals surface area contributed by atoms with Gasteiger partial charge in [-0.25, -0.2) is 18.1 Å². The monoisotopic (exact) mass is 302 g/mol. The molecule has 0 aliphatic carbocycles. The van der Waals surface area contributed by atoms with Gasteiger partial charge >= 0.3 is 0 Å². The van der Waals surface area contributed by atoms with Crippen molar-refractivity contribution in [1.82, 2.24) is 9.97 Å². The van der Waals surface area contributed by atoms with Gasteiger partial charge in [-0.15, -0.1) is 0 Å². The van der Waals surface area contributed by atoms with E-state index in [4.69, 9.17) is 5.73 Å². The van der Waals surface area contributed by atoms with Gasteiger partial charge in [0.1, 0.15) is 0 Å². The Morgan fingerprint density at radius 1 is 1.19 bits per heavy atom. The minimum Gasteiger partial charge on any atom is -0.399 e. The summed E-state index contributed by atoms with van der Waals surface area (Å²) in [7, 11) is -3.74. The summed E-state index contributed by atoms with van der Waals surface area (Å²) in [5.41, 5.74) is 8.13. The predicted octanol–water partition coefficient (Wildman–Crippen LogP) is 2.25. The van der Waals surface area contributed by atoms with Crippen LogP contribution in [0.2, 0.25) is 0 Å². The molecular weight excluding hydrogens is 288 g/mol. The van der Waals surface area contributed by atoms with Crippen molar-refractivity contribution in [2.45, 2.75) is 11.8 Å². The van der Waals surface area contributed by atoms with Gasteiger partial charge in [0.25, 0.3) is 10.0 Å². The van der Waals surface area contributed by atoms with Crippen molar-refractivity contribution in [2.75, 3.05) is 10.5 Å². The van der Waals surface area contributed by atoms with Crippen LogP contribution in [0.15, 0.2) is 47.4 Å². The number of sulfonamides is 1. The number of nitrogens with two attached hydrogens (primary N) is 1. The standard InChI is InChI=1S/C14H14N4O2S/c1-9-6-7-10(15)8-13(9)21(19,20)18-14-16-11-4-2-3-5-12(11)17-14/h2-8H,15H2,1H3,(H2,16,17,18). The molecule has 0 fully saturated rings. The molecule has 1 aromatic heterocycles. The third-order valence-corrected chi connectivity index (χ3v) is 4.60. The molecule has 0 spiro atoms. The van der Waals surface area contributed by atoms with Crippen molar-refractivity contribution in [1.29, 1.82) is 0 Å². The number of nitrogen functional groups attached to an aromatic ring is 1. The predicted molar refractivity (Wildman–Crippen MR) is 82.5 cm³/mol. The van der Waals surface area contributed by atoms with Crippen LogP contribution >= 0.6 is 0 Å². The fraction of sp³-hybridized carbons (Fsp3) is 0.0714. The summed E-state index contributed by atoms with van der Waals surface area (Å²) in [5.74, 6) is 0.179. The number of H-pyrrole nitrogens is 1. The largest absolute Gasteiger partial charge is 0.399 e. The number of aryl methyl sites for hydroxylation is 1. The van der Waals surface area contributed by atoms with Crippen molar-refractivity contribution >= 4 is 32.7 Å². The molecule has 108 valence electrons. The normalized spacial score (nSPS) is 11.7. The number of rotatable bonds is 3. The smallest absolute Gasteiger partial charge is 0.264 e. The van der Waals surface area contributed by atoms with E-state index in [-0.39, 0.29) is 10.8 Å². The summed E-state index contributed by atoms with van der Waals surface area (Å²) in [6, 6.07) is 12.1. The molecule has 0 radical (unpaired) electrons. The number of nitrogens with zero attached hydrogens (tertiary/aromatic N) is 1. The number of imidazole rings is 1. The van der Waals surface area contributed by atoms with Gasteiger partial charge in [0.2, 0.25) is 5.95 Å². The molecule has 1 heterocycles. The lowest BCUT2D eigenvalue weighted by Crippen LogP contribution is -2.15. The maximum Gasteiger partial charge on any atom is 0.264 e. The highest BCUT2D eigenvalue weighted by molar-refractivity contribution is 7.92. The maximum atomic E-state index is 12.4. The van der Waals surface area contributed by atoms with Crippen molar-refractivity contribution < 1.29 is 8.42 Å². The Hall–Kier alpha value is -2.54. The summed E-state index contributed by atoms with van der Waals surface area (Å²) < 4.78 is 27.3. The quantitative estimate of drug-likeness (QED) is 0.646. The van der Waals surface area contributed by atoms with Crippen molar-refractivity contribution in [3.05, 3.63) is 48.0 Å². The molecule has 0 atom stereocenters. The Bertz CT molecular complexity index is 883. The highest BCUT2D eigenvalue weighted by atomic mass is 32.2. The zero-order valence-corrected chi connectivity index (χ0v) is 12.1. The molecule has 6 nitrogen and oxygen atoms in total. The fourth-order valence-corrected chi connectivity index (χ4v) is 3.33. The van der Waals surface area contributed by atoms with Crippen LogP contribution < -0.4 is 10.5 Å². The average molecular weight is 302 g/mol. The number of nitrogens with one attached hydrogen (secondary N) is 2. The van der Waals surface area contributed by atoms with Crippen molar-refractivity contribution in [3.8, 4) is 0 Å². The van der Waals surface area contributed by atoms with E-state index in [0.29, 0.717) is 16.8 Å². The molecule has 0 aliphatic heterocycles. The second-order valence-corrected chi connectivity index (χ2v) is 6.38. The number of para-hydroxylation sites is 2. The van der Waals surface area contributed by atoms with Crippen LogP contribution in [0.4, 0.5) is 11.6 Å². The van der Waals surface area contributed by atoms with Crippen LogP contribution in [0, 0.1) is 6.92 Å². The van der Waals surface area contributed by atoms with Gasteiger partial charge < -0.3 is 10.7 Å².